The first-order valence-electron chi connectivity index (χ1n) is 6.89. The van der Waals surface area contributed by atoms with E-state index in [9.17, 15) is 9.59 Å². The van der Waals surface area contributed by atoms with E-state index in [1.807, 2.05) is 24.3 Å². The zero-order chi connectivity index (χ0) is 14.4. The molecule has 1 aliphatic rings. The molecule has 2 rings (SSSR count). The van der Waals surface area contributed by atoms with Crippen molar-refractivity contribution >= 4 is 11.8 Å². The number of hydrogen-bond acceptors (Lipinski definition) is 3. The predicted molar refractivity (Wildman–Crippen MR) is 75.6 cm³/mol. The lowest BCUT2D eigenvalue weighted by Crippen LogP contribution is -2.34. The molecule has 5 nitrogen and oxygen atoms in total. The second kappa shape index (κ2) is 6.93. The van der Waals surface area contributed by atoms with Gasteiger partial charge >= 0.3 is 0 Å². The molecule has 1 aliphatic heterocycles. The molecular weight excluding hydrogens is 256 g/mol. The summed E-state index contributed by atoms with van der Waals surface area (Å²) < 4.78 is 5.58. The zero-order valence-electron chi connectivity index (χ0n) is 11.6. The lowest BCUT2D eigenvalue weighted by atomic mass is 9.90. The Morgan fingerprint density at radius 3 is 2.80 bits per heavy atom. The molecule has 0 aromatic heterocycles. The molecule has 0 saturated carbocycles. The average Bonchev–Trinajstić information content (AvgIpc) is 2.44. The maximum Gasteiger partial charge on any atom is 0.220 e. The summed E-state index contributed by atoms with van der Waals surface area (Å²) in [6.45, 7) is 3.04. The number of carbonyl (C=O) groups excluding carboxylic acids is 2. The summed E-state index contributed by atoms with van der Waals surface area (Å²) in [4.78, 5) is 22.6. The van der Waals surface area contributed by atoms with E-state index in [2.05, 4.69) is 10.6 Å². The normalized spacial score (nSPS) is 16.8. The van der Waals surface area contributed by atoms with Gasteiger partial charge in [0.1, 0.15) is 5.75 Å². The number of fused-ring (bicyclic) bond motifs is 1. The number of ether oxygens (including phenoxy) is 1. The molecule has 1 unspecified atom stereocenters. The number of carbonyl (C=O) groups is 2. The summed E-state index contributed by atoms with van der Waals surface area (Å²) >= 11 is 0. The van der Waals surface area contributed by atoms with Crippen LogP contribution in [0.25, 0.3) is 0 Å². The molecule has 2 amide bonds. The fourth-order valence-corrected chi connectivity index (χ4v) is 2.36. The van der Waals surface area contributed by atoms with Crippen molar-refractivity contribution in [2.75, 3.05) is 19.7 Å². The van der Waals surface area contributed by atoms with Crippen molar-refractivity contribution in [2.24, 2.45) is 0 Å². The van der Waals surface area contributed by atoms with E-state index in [4.69, 9.17) is 4.74 Å². The fraction of sp³-hybridized carbons (Fsp3) is 0.467. The molecule has 0 spiro atoms. The number of nitrogens with one attached hydrogen (secondary N) is 2. The van der Waals surface area contributed by atoms with Gasteiger partial charge in [-0.1, -0.05) is 18.2 Å². The zero-order valence-corrected chi connectivity index (χ0v) is 11.6. The Morgan fingerprint density at radius 1 is 1.25 bits per heavy atom. The van der Waals surface area contributed by atoms with Gasteiger partial charge in [-0.15, -0.1) is 0 Å². The monoisotopic (exact) mass is 276 g/mol. The van der Waals surface area contributed by atoms with Crippen molar-refractivity contribution in [3.63, 3.8) is 0 Å². The quantitative estimate of drug-likeness (QED) is 0.794. The van der Waals surface area contributed by atoms with Crippen LogP contribution in [0.1, 0.15) is 31.2 Å². The molecule has 0 bridgehead atoms. The number of para-hydroxylation sites is 1. The Bertz CT molecular complexity index is 488. The molecule has 5 heteroatoms. The molecule has 20 heavy (non-hydrogen) atoms. The molecule has 1 aromatic carbocycles. The Balaban J connectivity index is 1.82. The number of hydrogen-bond donors (Lipinski definition) is 2. The second-order valence-electron chi connectivity index (χ2n) is 4.91. The van der Waals surface area contributed by atoms with Gasteiger partial charge in [0.05, 0.1) is 6.61 Å². The van der Waals surface area contributed by atoms with Gasteiger partial charge in [-0.2, -0.15) is 0 Å². The fourth-order valence-electron chi connectivity index (χ4n) is 2.36. The van der Waals surface area contributed by atoms with E-state index in [0.29, 0.717) is 26.1 Å². The average molecular weight is 276 g/mol. The van der Waals surface area contributed by atoms with Crippen molar-refractivity contribution < 1.29 is 14.3 Å². The van der Waals surface area contributed by atoms with Crippen molar-refractivity contribution in [2.45, 2.75) is 25.7 Å². The number of amides is 2. The lowest BCUT2D eigenvalue weighted by Gasteiger charge is -2.25. The number of rotatable bonds is 5. The molecule has 108 valence electrons. The third kappa shape index (κ3) is 3.98. The molecule has 1 aromatic rings. The smallest absolute Gasteiger partial charge is 0.220 e. The van der Waals surface area contributed by atoms with Gasteiger partial charge in [0, 0.05) is 26.4 Å². The van der Waals surface area contributed by atoms with Gasteiger partial charge in [-0.05, 0) is 24.0 Å². The Kier molecular flexibility index (Phi) is 4.98. The lowest BCUT2D eigenvalue weighted by molar-refractivity contribution is -0.122. The van der Waals surface area contributed by atoms with Crippen molar-refractivity contribution in [3.05, 3.63) is 29.8 Å². The minimum Gasteiger partial charge on any atom is -0.493 e. The van der Waals surface area contributed by atoms with Crippen LogP contribution in [-0.4, -0.2) is 31.5 Å². The summed E-state index contributed by atoms with van der Waals surface area (Å²) in [6.07, 6.45) is 1.32. The molecule has 0 radical (unpaired) electrons. The van der Waals surface area contributed by atoms with Crippen LogP contribution >= 0.6 is 0 Å². The summed E-state index contributed by atoms with van der Waals surface area (Å²) in [5.41, 5.74) is 1.11. The van der Waals surface area contributed by atoms with Crippen LogP contribution in [0, 0.1) is 0 Å². The third-order valence-corrected chi connectivity index (χ3v) is 3.34. The van der Waals surface area contributed by atoms with Crippen LogP contribution < -0.4 is 15.4 Å². The summed E-state index contributed by atoms with van der Waals surface area (Å²) in [7, 11) is 0. The van der Waals surface area contributed by atoms with Crippen molar-refractivity contribution in [1.29, 1.82) is 0 Å². The van der Waals surface area contributed by atoms with Crippen LogP contribution in [0.15, 0.2) is 24.3 Å². The van der Waals surface area contributed by atoms with Crippen LogP contribution in [0.4, 0.5) is 0 Å². The molecule has 2 N–H and O–H groups in total. The molecule has 0 fully saturated rings. The maximum absolute atomic E-state index is 11.9. The van der Waals surface area contributed by atoms with E-state index in [-0.39, 0.29) is 17.7 Å². The molecule has 0 saturated heterocycles. The number of benzene rings is 1. The van der Waals surface area contributed by atoms with Gasteiger partial charge in [-0.3, -0.25) is 9.59 Å². The van der Waals surface area contributed by atoms with Crippen LogP contribution in [0.2, 0.25) is 0 Å². The van der Waals surface area contributed by atoms with Crippen LogP contribution in [0.3, 0.4) is 0 Å². The van der Waals surface area contributed by atoms with Crippen LogP contribution in [0.5, 0.6) is 5.75 Å². The molecule has 0 aliphatic carbocycles. The highest BCUT2D eigenvalue weighted by molar-refractivity contribution is 5.77. The first-order valence-corrected chi connectivity index (χ1v) is 6.89. The Morgan fingerprint density at radius 2 is 2.00 bits per heavy atom. The largest absolute Gasteiger partial charge is 0.493 e. The minimum absolute atomic E-state index is 0.0112. The van der Waals surface area contributed by atoms with Crippen LogP contribution in [-0.2, 0) is 9.59 Å². The van der Waals surface area contributed by atoms with E-state index >= 15 is 0 Å². The van der Waals surface area contributed by atoms with E-state index in [1.54, 1.807) is 0 Å². The highest BCUT2D eigenvalue weighted by atomic mass is 16.5. The SMILES string of the molecule is CC(=O)NCCNC(=O)CC1CCOc2ccccc21. The standard InChI is InChI=1S/C15H20N2O3/c1-11(18)16-7-8-17-15(19)10-12-6-9-20-14-5-3-2-4-13(12)14/h2-5,12H,6-10H2,1H3,(H,16,18)(H,17,19). The predicted octanol–water partition coefficient (Wildman–Crippen LogP) is 1.20. The maximum atomic E-state index is 11.9. The summed E-state index contributed by atoms with van der Waals surface area (Å²) in [5, 5.41) is 5.47. The van der Waals surface area contributed by atoms with Gasteiger partial charge in [0.2, 0.25) is 11.8 Å². The van der Waals surface area contributed by atoms with Crippen molar-refractivity contribution in [3.8, 4) is 5.75 Å². The summed E-state index contributed by atoms with van der Waals surface area (Å²) in [5.74, 6) is 1.02. The van der Waals surface area contributed by atoms with Gasteiger partial charge in [0.25, 0.3) is 0 Å². The van der Waals surface area contributed by atoms with Gasteiger partial charge in [0.15, 0.2) is 0 Å². The third-order valence-electron chi connectivity index (χ3n) is 3.34. The first kappa shape index (κ1) is 14.4. The highest BCUT2D eigenvalue weighted by Crippen LogP contribution is 2.35. The van der Waals surface area contributed by atoms with E-state index in [0.717, 1.165) is 17.7 Å². The highest BCUT2D eigenvalue weighted by Gasteiger charge is 2.23. The van der Waals surface area contributed by atoms with E-state index in [1.165, 1.54) is 6.92 Å². The Labute approximate surface area is 118 Å². The molecule has 1 heterocycles. The topological polar surface area (TPSA) is 67.4 Å². The molecule has 1 atom stereocenters. The van der Waals surface area contributed by atoms with E-state index < -0.39 is 0 Å². The second-order valence-corrected chi connectivity index (χ2v) is 4.91. The first-order chi connectivity index (χ1) is 9.66. The molecular formula is C15H20N2O3. The summed E-state index contributed by atoms with van der Waals surface area (Å²) in [6, 6.07) is 7.86. The van der Waals surface area contributed by atoms with Gasteiger partial charge in [-0.25, -0.2) is 0 Å². The van der Waals surface area contributed by atoms with Crippen molar-refractivity contribution in [1.82, 2.24) is 10.6 Å². The Hall–Kier alpha value is -2.04. The minimum atomic E-state index is -0.0856. The van der Waals surface area contributed by atoms with Gasteiger partial charge < -0.3 is 15.4 Å².